The van der Waals surface area contributed by atoms with Crippen LogP contribution in [0.15, 0.2) is 18.5 Å². The van der Waals surface area contributed by atoms with E-state index >= 15 is 0 Å². The van der Waals surface area contributed by atoms with Crippen LogP contribution in [0.1, 0.15) is 23.1 Å². The SMILES string of the molecule is Cc1cc(C)nc(NCC(O)c2cnn(C)c2)n1. The smallest absolute Gasteiger partial charge is 0.223 e. The van der Waals surface area contributed by atoms with Crippen molar-refractivity contribution in [2.24, 2.45) is 7.05 Å². The summed E-state index contributed by atoms with van der Waals surface area (Å²) >= 11 is 0. The molecule has 0 aliphatic carbocycles. The molecule has 0 bridgehead atoms. The lowest BCUT2D eigenvalue weighted by molar-refractivity contribution is 0.191. The van der Waals surface area contributed by atoms with Crippen LogP contribution in [-0.2, 0) is 7.05 Å². The highest BCUT2D eigenvalue weighted by Gasteiger charge is 2.10. The number of hydrogen-bond donors (Lipinski definition) is 2. The second-order valence-corrected chi connectivity index (χ2v) is 4.32. The lowest BCUT2D eigenvalue weighted by atomic mass is 10.2. The Morgan fingerprint density at radius 1 is 1.33 bits per heavy atom. The van der Waals surface area contributed by atoms with E-state index in [1.807, 2.05) is 27.0 Å². The summed E-state index contributed by atoms with van der Waals surface area (Å²) in [5.74, 6) is 0.537. The van der Waals surface area contributed by atoms with Crippen molar-refractivity contribution >= 4 is 5.95 Å². The maximum absolute atomic E-state index is 9.96. The molecule has 0 fully saturated rings. The van der Waals surface area contributed by atoms with Gasteiger partial charge in [-0.15, -0.1) is 0 Å². The molecule has 0 radical (unpaired) electrons. The largest absolute Gasteiger partial charge is 0.386 e. The maximum atomic E-state index is 9.96. The molecule has 18 heavy (non-hydrogen) atoms. The molecule has 0 spiro atoms. The first-order chi connectivity index (χ1) is 8.54. The highest BCUT2D eigenvalue weighted by atomic mass is 16.3. The summed E-state index contributed by atoms with van der Waals surface area (Å²) < 4.78 is 1.66. The zero-order chi connectivity index (χ0) is 13.1. The average Bonchev–Trinajstić information content (AvgIpc) is 2.71. The minimum atomic E-state index is -0.622. The first-order valence-electron chi connectivity index (χ1n) is 5.77. The summed E-state index contributed by atoms with van der Waals surface area (Å²) in [5.41, 5.74) is 2.58. The van der Waals surface area contributed by atoms with Gasteiger partial charge in [0, 0.05) is 36.7 Å². The van der Waals surface area contributed by atoms with E-state index in [9.17, 15) is 5.11 Å². The Kier molecular flexibility index (Phi) is 3.57. The summed E-state index contributed by atoms with van der Waals surface area (Å²) in [6, 6.07) is 1.91. The zero-order valence-electron chi connectivity index (χ0n) is 10.8. The molecule has 0 amide bonds. The Hall–Kier alpha value is -1.95. The number of rotatable bonds is 4. The molecule has 96 valence electrons. The molecular formula is C12H17N5O. The number of aliphatic hydroxyl groups excluding tert-OH is 1. The number of aryl methyl sites for hydroxylation is 3. The van der Waals surface area contributed by atoms with E-state index < -0.39 is 6.10 Å². The molecule has 0 aromatic carbocycles. The molecule has 2 aromatic rings. The zero-order valence-corrected chi connectivity index (χ0v) is 10.8. The van der Waals surface area contributed by atoms with Crippen LogP contribution in [0.2, 0.25) is 0 Å². The van der Waals surface area contributed by atoms with Crippen LogP contribution < -0.4 is 5.32 Å². The molecule has 2 aromatic heterocycles. The molecule has 2 rings (SSSR count). The van der Waals surface area contributed by atoms with Crippen molar-refractivity contribution in [2.45, 2.75) is 20.0 Å². The van der Waals surface area contributed by atoms with Gasteiger partial charge in [0.2, 0.25) is 5.95 Å². The second kappa shape index (κ2) is 5.14. The molecule has 2 heterocycles. The molecule has 0 saturated heterocycles. The number of hydrogen-bond acceptors (Lipinski definition) is 5. The van der Waals surface area contributed by atoms with Gasteiger partial charge in [-0.2, -0.15) is 5.10 Å². The van der Waals surface area contributed by atoms with Gasteiger partial charge in [0.15, 0.2) is 0 Å². The van der Waals surface area contributed by atoms with Crippen molar-refractivity contribution in [3.8, 4) is 0 Å². The molecule has 0 aliphatic heterocycles. The summed E-state index contributed by atoms with van der Waals surface area (Å²) in [7, 11) is 1.82. The van der Waals surface area contributed by atoms with Crippen LogP contribution in [0.4, 0.5) is 5.95 Å². The number of nitrogens with one attached hydrogen (secondary N) is 1. The van der Waals surface area contributed by atoms with Gasteiger partial charge in [-0.05, 0) is 19.9 Å². The predicted octanol–water partition coefficient (Wildman–Crippen LogP) is 0.972. The Morgan fingerprint density at radius 2 is 2.00 bits per heavy atom. The number of aromatic nitrogens is 4. The van der Waals surface area contributed by atoms with Gasteiger partial charge in [-0.25, -0.2) is 9.97 Å². The van der Waals surface area contributed by atoms with Crippen LogP contribution in [-0.4, -0.2) is 31.4 Å². The summed E-state index contributed by atoms with van der Waals surface area (Å²) in [6.07, 6.45) is 2.81. The molecule has 2 N–H and O–H groups in total. The third-order valence-electron chi connectivity index (χ3n) is 2.55. The minimum Gasteiger partial charge on any atom is -0.386 e. The molecule has 1 unspecified atom stereocenters. The average molecular weight is 247 g/mol. The Morgan fingerprint density at radius 3 is 2.56 bits per heavy atom. The van der Waals surface area contributed by atoms with Gasteiger partial charge in [-0.1, -0.05) is 0 Å². The minimum absolute atomic E-state index is 0.356. The van der Waals surface area contributed by atoms with Crippen molar-refractivity contribution in [1.82, 2.24) is 19.7 Å². The standard InChI is InChI=1S/C12H17N5O/c1-8-4-9(2)16-12(15-8)13-6-11(18)10-5-14-17(3)7-10/h4-5,7,11,18H,6H2,1-3H3,(H,13,15,16). The molecule has 0 aliphatic rings. The quantitative estimate of drug-likeness (QED) is 0.842. The Labute approximate surface area is 106 Å². The van der Waals surface area contributed by atoms with E-state index in [4.69, 9.17) is 0 Å². The van der Waals surface area contributed by atoms with Crippen LogP contribution in [0.3, 0.4) is 0 Å². The third-order valence-corrected chi connectivity index (χ3v) is 2.55. The number of nitrogens with zero attached hydrogens (tertiary/aromatic N) is 4. The van der Waals surface area contributed by atoms with Gasteiger partial charge in [0.05, 0.1) is 12.3 Å². The van der Waals surface area contributed by atoms with Crippen molar-refractivity contribution in [3.05, 3.63) is 35.4 Å². The van der Waals surface area contributed by atoms with Gasteiger partial charge in [-0.3, -0.25) is 4.68 Å². The van der Waals surface area contributed by atoms with Gasteiger partial charge in [0.25, 0.3) is 0 Å². The second-order valence-electron chi connectivity index (χ2n) is 4.32. The van der Waals surface area contributed by atoms with Crippen LogP contribution in [0.25, 0.3) is 0 Å². The van der Waals surface area contributed by atoms with E-state index in [0.717, 1.165) is 17.0 Å². The molecule has 0 saturated carbocycles. The summed E-state index contributed by atoms with van der Waals surface area (Å²) in [5, 5.41) is 17.0. The number of anilines is 1. The van der Waals surface area contributed by atoms with E-state index in [1.54, 1.807) is 17.1 Å². The first kappa shape index (κ1) is 12.5. The Bertz CT molecular complexity index is 517. The van der Waals surface area contributed by atoms with Gasteiger partial charge >= 0.3 is 0 Å². The van der Waals surface area contributed by atoms with Crippen molar-refractivity contribution < 1.29 is 5.11 Å². The van der Waals surface area contributed by atoms with Crippen LogP contribution >= 0.6 is 0 Å². The van der Waals surface area contributed by atoms with Crippen molar-refractivity contribution in [3.63, 3.8) is 0 Å². The normalized spacial score (nSPS) is 12.4. The fourth-order valence-electron chi connectivity index (χ4n) is 1.72. The summed E-state index contributed by atoms with van der Waals surface area (Å²) in [4.78, 5) is 8.50. The third kappa shape index (κ3) is 3.04. The van der Waals surface area contributed by atoms with Crippen molar-refractivity contribution in [2.75, 3.05) is 11.9 Å². The van der Waals surface area contributed by atoms with Gasteiger partial charge in [0.1, 0.15) is 0 Å². The van der Waals surface area contributed by atoms with E-state index in [-0.39, 0.29) is 0 Å². The highest BCUT2D eigenvalue weighted by Crippen LogP contribution is 2.12. The van der Waals surface area contributed by atoms with E-state index in [0.29, 0.717) is 12.5 Å². The fraction of sp³-hybridized carbons (Fsp3) is 0.417. The summed E-state index contributed by atoms with van der Waals surface area (Å²) in [6.45, 7) is 4.18. The van der Waals surface area contributed by atoms with E-state index in [1.165, 1.54) is 0 Å². The van der Waals surface area contributed by atoms with Crippen LogP contribution in [0, 0.1) is 13.8 Å². The maximum Gasteiger partial charge on any atom is 0.223 e. The first-order valence-corrected chi connectivity index (χ1v) is 5.77. The topological polar surface area (TPSA) is 75.9 Å². The molecular weight excluding hydrogens is 230 g/mol. The Balaban J connectivity index is 1.99. The molecule has 6 heteroatoms. The lowest BCUT2D eigenvalue weighted by Gasteiger charge is -2.10. The van der Waals surface area contributed by atoms with E-state index in [2.05, 4.69) is 20.4 Å². The van der Waals surface area contributed by atoms with Crippen LogP contribution in [0.5, 0.6) is 0 Å². The van der Waals surface area contributed by atoms with Crippen molar-refractivity contribution in [1.29, 1.82) is 0 Å². The monoisotopic (exact) mass is 247 g/mol. The molecule has 6 nitrogen and oxygen atoms in total. The predicted molar refractivity (Wildman–Crippen MR) is 68.2 cm³/mol. The molecule has 1 atom stereocenters. The highest BCUT2D eigenvalue weighted by molar-refractivity contribution is 5.28. The van der Waals surface area contributed by atoms with Gasteiger partial charge < -0.3 is 10.4 Å². The number of aliphatic hydroxyl groups is 1. The fourth-order valence-corrected chi connectivity index (χ4v) is 1.72. The lowest BCUT2D eigenvalue weighted by Crippen LogP contribution is -2.14.